The third-order valence-corrected chi connectivity index (χ3v) is 3.67. The summed E-state index contributed by atoms with van der Waals surface area (Å²) in [5, 5.41) is 3.57. The molecule has 1 atom stereocenters. The van der Waals surface area contributed by atoms with E-state index in [0.29, 0.717) is 34.5 Å². The minimum Gasteiger partial charge on any atom is -0.497 e. The number of hydrogen-bond donors (Lipinski definition) is 2. The molecule has 0 aromatic heterocycles. The van der Waals surface area contributed by atoms with E-state index in [4.69, 9.17) is 31.5 Å². The van der Waals surface area contributed by atoms with E-state index in [2.05, 4.69) is 10.3 Å². The van der Waals surface area contributed by atoms with Gasteiger partial charge < -0.3 is 25.3 Å². The molecule has 134 valence electrons. The standard InChI is InChI=1S/C18H22ClN3O3/c1-12(25-16-7-5-4-6-14(16)19)11-21-18(20)22-15-10-13(23-2)8-9-17(15)24-3/h4-10,12H,11H2,1-3H3,(H3,20,21,22). The van der Waals surface area contributed by atoms with Gasteiger partial charge in [0.1, 0.15) is 23.4 Å². The largest absolute Gasteiger partial charge is 0.497 e. The molecule has 1 unspecified atom stereocenters. The van der Waals surface area contributed by atoms with Crippen LogP contribution in [0.25, 0.3) is 0 Å². The lowest BCUT2D eigenvalue weighted by Gasteiger charge is -2.15. The number of aliphatic imine (C=N–C) groups is 1. The van der Waals surface area contributed by atoms with Crippen LogP contribution in [0.5, 0.6) is 17.2 Å². The smallest absolute Gasteiger partial charge is 0.193 e. The monoisotopic (exact) mass is 363 g/mol. The number of methoxy groups -OCH3 is 2. The highest BCUT2D eigenvalue weighted by Gasteiger charge is 2.08. The lowest BCUT2D eigenvalue weighted by Crippen LogP contribution is -2.26. The molecular weight excluding hydrogens is 342 g/mol. The van der Waals surface area contributed by atoms with Gasteiger partial charge in [0.25, 0.3) is 0 Å². The SMILES string of the molecule is COc1ccc(OC)c(NC(N)=NCC(C)Oc2ccccc2Cl)c1. The molecule has 0 amide bonds. The highest BCUT2D eigenvalue weighted by molar-refractivity contribution is 6.32. The summed E-state index contributed by atoms with van der Waals surface area (Å²) in [6, 6.07) is 12.7. The molecule has 25 heavy (non-hydrogen) atoms. The second kappa shape index (κ2) is 9.03. The van der Waals surface area contributed by atoms with E-state index in [1.807, 2.05) is 25.1 Å². The second-order valence-electron chi connectivity index (χ2n) is 5.28. The Morgan fingerprint density at radius 3 is 2.60 bits per heavy atom. The Morgan fingerprint density at radius 2 is 1.92 bits per heavy atom. The van der Waals surface area contributed by atoms with Crippen LogP contribution in [-0.4, -0.2) is 32.8 Å². The maximum Gasteiger partial charge on any atom is 0.193 e. The van der Waals surface area contributed by atoms with Gasteiger partial charge >= 0.3 is 0 Å². The molecule has 0 heterocycles. The van der Waals surface area contributed by atoms with Crippen molar-refractivity contribution in [3.05, 3.63) is 47.5 Å². The highest BCUT2D eigenvalue weighted by Crippen LogP contribution is 2.28. The molecule has 3 N–H and O–H groups in total. The molecule has 2 rings (SSSR count). The van der Waals surface area contributed by atoms with E-state index < -0.39 is 0 Å². The van der Waals surface area contributed by atoms with Gasteiger partial charge in [-0.1, -0.05) is 23.7 Å². The first-order valence-corrected chi connectivity index (χ1v) is 8.11. The van der Waals surface area contributed by atoms with Gasteiger partial charge in [-0.15, -0.1) is 0 Å². The molecule has 0 aliphatic carbocycles. The van der Waals surface area contributed by atoms with Crippen molar-refractivity contribution >= 4 is 23.2 Å². The van der Waals surface area contributed by atoms with Crippen LogP contribution in [0.1, 0.15) is 6.92 Å². The molecule has 0 radical (unpaired) electrons. The van der Waals surface area contributed by atoms with Gasteiger partial charge in [-0.25, -0.2) is 4.99 Å². The van der Waals surface area contributed by atoms with E-state index in [0.717, 1.165) is 0 Å². The van der Waals surface area contributed by atoms with Crippen LogP contribution in [0.3, 0.4) is 0 Å². The summed E-state index contributed by atoms with van der Waals surface area (Å²) in [7, 11) is 3.18. The number of guanidine groups is 1. The molecular formula is C18H22ClN3O3. The molecule has 0 aliphatic heterocycles. The van der Waals surface area contributed by atoms with Crippen LogP contribution >= 0.6 is 11.6 Å². The number of hydrogen-bond acceptors (Lipinski definition) is 4. The quantitative estimate of drug-likeness (QED) is 0.581. The number of nitrogens with one attached hydrogen (secondary N) is 1. The number of nitrogens with zero attached hydrogens (tertiary/aromatic N) is 1. The maximum absolute atomic E-state index is 6.08. The lowest BCUT2D eigenvalue weighted by molar-refractivity contribution is 0.230. The summed E-state index contributed by atoms with van der Waals surface area (Å²) >= 11 is 6.08. The van der Waals surface area contributed by atoms with Crippen molar-refractivity contribution < 1.29 is 14.2 Å². The van der Waals surface area contributed by atoms with Crippen LogP contribution in [0.2, 0.25) is 5.02 Å². The molecule has 0 fully saturated rings. The molecule has 6 nitrogen and oxygen atoms in total. The van der Waals surface area contributed by atoms with Crippen LogP contribution in [0.4, 0.5) is 5.69 Å². The first-order chi connectivity index (χ1) is 12.0. The molecule has 0 saturated heterocycles. The fraction of sp³-hybridized carbons (Fsp3) is 0.278. The predicted molar refractivity (Wildman–Crippen MR) is 101 cm³/mol. The van der Waals surface area contributed by atoms with Crippen molar-refractivity contribution in [1.29, 1.82) is 0 Å². The van der Waals surface area contributed by atoms with Crippen molar-refractivity contribution in [3.63, 3.8) is 0 Å². The average Bonchev–Trinajstić information content (AvgIpc) is 2.62. The van der Waals surface area contributed by atoms with Crippen LogP contribution < -0.4 is 25.3 Å². The van der Waals surface area contributed by atoms with Gasteiger partial charge in [-0.2, -0.15) is 0 Å². The van der Waals surface area contributed by atoms with Gasteiger partial charge in [-0.05, 0) is 31.2 Å². The fourth-order valence-electron chi connectivity index (χ4n) is 2.11. The zero-order valence-corrected chi connectivity index (χ0v) is 15.2. The number of rotatable bonds is 7. The molecule has 0 bridgehead atoms. The summed E-state index contributed by atoms with van der Waals surface area (Å²) in [6.07, 6.45) is -0.188. The van der Waals surface area contributed by atoms with Crippen molar-refractivity contribution in [2.75, 3.05) is 26.1 Å². The number of para-hydroxylation sites is 1. The predicted octanol–water partition coefficient (Wildman–Crippen LogP) is 3.55. The van der Waals surface area contributed by atoms with Crippen molar-refractivity contribution in [3.8, 4) is 17.2 Å². The van der Waals surface area contributed by atoms with Crippen molar-refractivity contribution in [2.24, 2.45) is 10.7 Å². The first kappa shape index (κ1) is 18.7. The van der Waals surface area contributed by atoms with Crippen LogP contribution in [-0.2, 0) is 0 Å². The molecule has 0 saturated carbocycles. The van der Waals surface area contributed by atoms with E-state index in [1.165, 1.54) is 0 Å². The fourth-order valence-corrected chi connectivity index (χ4v) is 2.29. The first-order valence-electron chi connectivity index (χ1n) is 7.73. The van der Waals surface area contributed by atoms with E-state index >= 15 is 0 Å². The normalized spacial score (nSPS) is 12.4. The maximum atomic E-state index is 6.08. The van der Waals surface area contributed by atoms with E-state index in [9.17, 15) is 0 Å². The lowest BCUT2D eigenvalue weighted by atomic mass is 10.2. The summed E-state index contributed by atoms with van der Waals surface area (Å²) in [6.45, 7) is 2.27. The third-order valence-electron chi connectivity index (χ3n) is 3.35. The Kier molecular flexibility index (Phi) is 6.77. The Bertz CT molecular complexity index is 737. The molecule has 7 heteroatoms. The minimum absolute atomic E-state index is 0.188. The number of benzene rings is 2. The zero-order chi connectivity index (χ0) is 18.2. The van der Waals surface area contributed by atoms with Gasteiger partial charge in [0, 0.05) is 6.07 Å². The number of ether oxygens (including phenoxy) is 3. The number of anilines is 1. The Balaban J connectivity index is 1.98. The van der Waals surface area contributed by atoms with Gasteiger partial charge in [0.15, 0.2) is 5.96 Å². The van der Waals surface area contributed by atoms with Gasteiger partial charge in [-0.3, -0.25) is 0 Å². The molecule has 2 aromatic carbocycles. The van der Waals surface area contributed by atoms with E-state index in [1.54, 1.807) is 38.5 Å². The molecule has 2 aromatic rings. The van der Waals surface area contributed by atoms with Gasteiger partial charge in [0.2, 0.25) is 0 Å². The summed E-state index contributed by atoms with van der Waals surface area (Å²) < 4.78 is 16.3. The molecule has 0 spiro atoms. The molecule has 0 aliphatic rings. The van der Waals surface area contributed by atoms with Crippen molar-refractivity contribution in [2.45, 2.75) is 13.0 Å². The van der Waals surface area contributed by atoms with Gasteiger partial charge in [0.05, 0.1) is 31.5 Å². The average molecular weight is 364 g/mol. The van der Waals surface area contributed by atoms with Crippen molar-refractivity contribution in [1.82, 2.24) is 0 Å². The third kappa shape index (κ3) is 5.46. The minimum atomic E-state index is -0.188. The summed E-state index contributed by atoms with van der Waals surface area (Å²) in [5.41, 5.74) is 6.62. The van der Waals surface area contributed by atoms with Crippen LogP contribution in [0.15, 0.2) is 47.5 Å². The second-order valence-corrected chi connectivity index (χ2v) is 5.68. The highest BCUT2D eigenvalue weighted by atomic mass is 35.5. The zero-order valence-electron chi connectivity index (χ0n) is 14.5. The summed E-state index contributed by atoms with van der Waals surface area (Å²) in [4.78, 5) is 4.29. The summed E-state index contributed by atoms with van der Waals surface area (Å²) in [5.74, 6) is 2.19. The Labute approximate surface area is 152 Å². The number of halogens is 1. The Hall–Kier alpha value is -2.60. The van der Waals surface area contributed by atoms with E-state index in [-0.39, 0.29) is 12.1 Å². The number of nitrogens with two attached hydrogens (primary N) is 1. The Morgan fingerprint density at radius 1 is 1.16 bits per heavy atom. The van der Waals surface area contributed by atoms with Crippen LogP contribution in [0, 0.1) is 0 Å². The topological polar surface area (TPSA) is 78.1 Å².